The van der Waals surface area contributed by atoms with Gasteiger partial charge in [0.1, 0.15) is 5.75 Å². The van der Waals surface area contributed by atoms with Crippen LogP contribution in [0.3, 0.4) is 0 Å². The minimum atomic E-state index is 0.553. The van der Waals surface area contributed by atoms with Gasteiger partial charge in [0, 0.05) is 12.1 Å². The number of hydrogen-bond acceptors (Lipinski definition) is 2. The molecule has 0 amide bonds. The Hall–Kier alpha value is -0.730. The predicted molar refractivity (Wildman–Crippen MR) is 78.4 cm³/mol. The monoisotopic (exact) mass is 269 g/mol. The Bertz CT molecular complexity index is 354. The Balaban J connectivity index is 2.67. The van der Waals surface area contributed by atoms with Gasteiger partial charge in [-0.15, -0.1) is 0 Å². The van der Waals surface area contributed by atoms with Crippen LogP contribution in [0, 0.1) is 5.92 Å². The van der Waals surface area contributed by atoms with Crippen molar-refractivity contribution in [2.45, 2.75) is 40.2 Å². The first-order valence-corrected chi connectivity index (χ1v) is 7.17. The first-order chi connectivity index (χ1) is 8.69. The zero-order valence-corrected chi connectivity index (χ0v) is 12.4. The summed E-state index contributed by atoms with van der Waals surface area (Å²) in [6, 6.07) is 5.93. The number of hydrogen-bond donors (Lipinski definition) is 1. The fraction of sp³-hybridized carbons (Fsp3) is 0.600. The van der Waals surface area contributed by atoms with Gasteiger partial charge in [0.2, 0.25) is 0 Å². The average molecular weight is 270 g/mol. The number of ether oxygens (including phenoxy) is 1. The third kappa shape index (κ3) is 4.87. The molecule has 0 saturated carbocycles. The van der Waals surface area contributed by atoms with Gasteiger partial charge in [-0.05, 0) is 24.9 Å². The number of nitrogens with one attached hydrogen (secondary N) is 1. The molecule has 1 atom stereocenters. The van der Waals surface area contributed by atoms with Gasteiger partial charge in [0.05, 0.1) is 11.6 Å². The molecule has 0 aromatic heterocycles. The number of halogens is 1. The Morgan fingerprint density at radius 3 is 2.78 bits per heavy atom. The molecule has 1 rings (SSSR count). The molecular formula is C15H24ClNO. The van der Waals surface area contributed by atoms with Gasteiger partial charge < -0.3 is 10.1 Å². The van der Waals surface area contributed by atoms with Crippen molar-refractivity contribution >= 4 is 11.6 Å². The summed E-state index contributed by atoms with van der Waals surface area (Å²) in [5.41, 5.74) is 1.14. The zero-order chi connectivity index (χ0) is 13.4. The van der Waals surface area contributed by atoms with E-state index in [0.717, 1.165) is 43.9 Å². The molecule has 102 valence electrons. The quantitative estimate of drug-likeness (QED) is 0.712. The Morgan fingerprint density at radius 2 is 2.11 bits per heavy atom. The van der Waals surface area contributed by atoms with Gasteiger partial charge in [-0.1, -0.05) is 50.9 Å². The van der Waals surface area contributed by atoms with Crippen LogP contribution in [0.15, 0.2) is 18.2 Å². The van der Waals surface area contributed by atoms with Crippen LogP contribution in [0.25, 0.3) is 0 Å². The third-order valence-corrected chi connectivity index (χ3v) is 3.30. The van der Waals surface area contributed by atoms with Crippen LogP contribution in [-0.4, -0.2) is 13.2 Å². The molecule has 3 heteroatoms. The van der Waals surface area contributed by atoms with E-state index in [1.165, 1.54) is 0 Å². The second-order valence-corrected chi connectivity index (χ2v) is 5.14. The minimum Gasteiger partial charge on any atom is -0.491 e. The summed E-state index contributed by atoms with van der Waals surface area (Å²) in [6.45, 7) is 9.06. The SMILES string of the molecule is CCCNCc1cccc(Cl)c1OCC(C)CC. The van der Waals surface area contributed by atoms with Gasteiger partial charge >= 0.3 is 0 Å². The maximum Gasteiger partial charge on any atom is 0.142 e. The van der Waals surface area contributed by atoms with E-state index in [9.17, 15) is 0 Å². The summed E-state index contributed by atoms with van der Waals surface area (Å²) in [5, 5.41) is 4.08. The lowest BCUT2D eigenvalue weighted by molar-refractivity contribution is 0.254. The molecule has 1 aromatic carbocycles. The Kier molecular flexibility index (Phi) is 7.14. The largest absolute Gasteiger partial charge is 0.491 e. The molecule has 0 spiro atoms. The van der Waals surface area contributed by atoms with Crippen molar-refractivity contribution in [2.75, 3.05) is 13.2 Å². The molecule has 0 fully saturated rings. The lowest BCUT2D eigenvalue weighted by Crippen LogP contribution is -2.16. The molecule has 2 nitrogen and oxygen atoms in total. The standard InChI is InChI=1S/C15H24ClNO/c1-4-9-17-10-13-7-6-8-14(16)15(13)18-11-12(3)5-2/h6-8,12,17H,4-5,9-11H2,1-3H3. The van der Waals surface area contributed by atoms with Crippen molar-refractivity contribution in [1.29, 1.82) is 0 Å². The molecule has 0 heterocycles. The van der Waals surface area contributed by atoms with Gasteiger partial charge in [0.15, 0.2) is 0 Å². The molecule has 1 aromatic rings. The highest BCUT2D eigenvalue weighted by molar-refractivity contribution is 6.32. The topological polar surface area (TPSA) is 21.3 Å². The second-order valence-electron chi connectivity index (χ2n) is 4.73. The van der Waals surface area contributed by atoms with Crippen molar-refractivity contribution in [1.82, 2.24) is 5.32 Å². The lowest BCUT2D eigenvalue weighted by atomic mass is 10.1. The van der Waals surface area contributed by atoms with Crippen LogP contribution in [0.4, 0.5) is 0 Å². The van der Waals surface area contributed by atoms with Crippen LogP contribution in [0.2, 0.25) is 5.02 Å². The highest BCUT2D eigenvalue weighted by Gasteiger charge is 2.09. The van der Waals surface area contributed by atoms with Crippen LogP contribution in [0.5, 0.6) is 5.75 Å². The molecule has 0 aliphatic heterocycles. The average Bonchev–Trinajstić information content (AvgIpc) is 2.38. The molecule has 1 unspecified atom stereocenters. The van der Waals surface area contributed by atoms with Crippen molar-refractivity contribution in [3.63, 3.8) is 0 Å². The summed E-state index contributed by atoms with van der Waals surface area (Å²) >= 11 is 6.22. The minimum absolute atomic E-state index is 0.553. The Morgan fingerprint density at radius 1 is 1.33 bits per heavy atom. The summed E-state index contributed by atoms with van der Waals surface area (Å²) in [7, 11) is 0. The van der Waals surface area contributed by atoms with E-state index in [1.807, 2.05) is 12.1 Å². The predicted octanol–water partition coefficient (Wildman–Crippen LogP) is 4.26. The van der Waals surface area contributed by atoms with Crippen LogP contribution < -0.4 is 10.1 Å². The number of para-hydroxylation sites is 1. The fourth-order valence-electron chi connectivity index (χ4n) is 1.60. The molecule has 1 N–H and O–H groups in total. The van der Waals surface area contributed by atoms with E-state index in [1.54, 1.807) is 0 Å². The normalized spacial score (nSPS) is 12.4. The van der Waals surface area contributed by atoms with E-state index in [4.69, 9.17) is 16.3 Å². The molecule has 0 saturated heterocycles. The summed E-state index contributed by atoms with van der Waals surface area (Å²) in [5.74, 6) is 1.39. The molecule has 18 heavy (non-hydrogen) atoms. The first-order valence-electron chi connectivity index (χ1n) is 6.79. The van der Waals surface area contributed by atoms with E-state index >= 15 is 0 Å². The maximum atomic E-state index is 6.22. The van der Waals surface area contributed by atoms with Crippen LogP contribution in [0.1, 0.15) is 39.2 Å². The highest BCUT2D eigenvalue weighted by atomic mass is 35.5. The molecule has 0 radical (unpaired) electrons. The van der Waals surface area contributed by atoms with E-state index in [-0.39, 0.29) is 0 Å². The van der Waals surface area contributed by atoms with Crippen LogP contribution >= 0.6 is 11.6 Å². The third-order valence-electron chi connectivity index (χ3n) is 3.00. The van der Waals surface area contributed by atoms with Crippen molar-refractivity contribution in [3.8, 4) is 5.75 Å². The molecule has 0 bridgehead atoms. The highest BCUT2D eigenvalue weighted by Crippen LogP contribution is 2.29. The first kappa shape index (κ1) is 15.3. The van der Waals surface area contributed by atoms with E-state index in [0.29, 0.717) is 10.9 Å². The molecule has 0 aliphatic carbocycles. The van der Waals surface area contributed by atoms with Gasteiger partial charge in [-0.3, -0.25) is 0 Å². The summed E-state index contributed by atoms with van der Waals surface area (Å²) in [6.07, 6.45) is 2.25. The zero-order valence-electron chi connectivity index (χ0n) is 11.6. The van der Waals surface area contributed by atoms with Gasteiger partial charge in [0.25, 0.3) is 0 Å². The maximum absolute atomic E-state index is 6.22. The Labute approximate surface area is 116 Å². The van der Waals surface area contributed by atoms with Gasteiger partial charge in [-0.25, -0.2) is 0 Å². The fourth-order valence-corrected chi connectivity index (χ4v) is 1.85. The smallest absolute Gasteiger partial charge is 0.142 e. The summed E-state index contributed by atoms with van der Waals surface area (Å²) in [4.78, 5) is 0. The second kappa shape index (κ2) is 8.39. The molecule has 0 aliphatic rings. The van der Waals surface area contributed by atoms with E-state index < -0.39 is 0 Å². The lowest BCUT2D eigenvalue weighted by Gasteiger charge is -2.16. The summed E-state index contributed by atoms with van der Waals surface area (Å²) < 4.78 is 5.88. The van der Waals surface area contributed by atoms with Crippen molar-refractivity contribution < 1.29 is 4.74 Å². The van der Waals surface area contributed by atoms with Crippen molar-refractivity contribution in [2.24, 2.45) is 5.92 Å². The number of rotatable bonds is 8. The number of benzene rings is 1. The van der Waals surface area contributed by atoms with Crippen LogP contribution in [-0.2, 0) is 6.54 Å². The molecular weight excluding hydrogens is 246 g/mol. The van der Waals surface area contributed by atoms with Crippen molar-refractivity contribution in [3.05, 3.63) is 28.8 Å². The van der Waals surface area contributed by atoms with E-state index in [2.05, 4.69) is 32.2 Å². The van der Waals surface area contributed by atoms with Gasteiger partial charge in [-0.2, -0.15) is 0 Å².